The maximum Gasteiger partial charge on any atom is 0.191 e. The van der Waals surface area contributed by atoms with Gasteiger partial charge in [-0.1, -0.05) is 12.1 Å². The Hall–Kier alpha value is -3.09. The molecule has 2 N–H and O–H groups in total. The van der Waals surface area contributed by atoms with Gasteiger partial charge in [0.05, 0.1) is 27.0 Å². The molecule has 0 bridgehead atoms. The molecular formula is C22H30N4O3. The van der Waals surface area contributed by atoms with Crippen molar-refractivity contribution >= 4 is 11.6 Å². The SMILES string of the molecule is CN=C(NCc1ccc(OC)cc1OC)NC1CCN(c2ccccc2OC)C1. The van der Waals surface area contributed by atoms with Crippen LogP contribution in [0, 0.1) is 0 Å². The smallest absolute Gasteiger partial charge is 0.191 e. The van der Waals surface area contributed by atoms with E-state index in [1.165, 1.54) is 0 Å². The number of para-hydroxylation sites is 2. The van der Waals surface area contributed by atoms with Gasteiger partial charge in [0.25, 0.3) is 0 Å². The van der Waals surface area contributed by atoms with Crippen molar-refractivity contribution < 1.29 is 14.2 Å². The third kappa shape index (κ3) is 5.04. The summed E-state index contributed by atoms with van der Waals surface area (Å²) in [5.41, 5.74) is 2.17. The Morgan fingerprint density at radius 3 is 2.59 bits per heavy atom. The van der Waals surface area contributed by atoms with Crippen LogP contribution >= 0.6 is 0 Å². The van der Waals surface area contributed by atoms with Gasteiger partial charge in [-0.15, -0.1) is 0 Å². The zero-order valence-electron chi connectivity index (χ0n) is 17.6. The number of benzene rings is 2. The van der Waals surface area contributed by atoms with Gasteiger partial charge in [0, 0.05) is 44.4 Å². The van der Waals surface area contributed by atoms with Gasteiger partial charge >= 0.3 is 0 Å². The second-order valence-electron chi connectivity index (χ2n) is 6.85. The van der Waals surface area contributed by atoms with E-state index in [4.69, 9.17) is 14.2 Å². The number of guanidine groups is 1. The van der Waals surface area contributed by atoms with Gasteiger partial charge in [-0.25, -0.2) is 0 Å². The minimum atomic E-state index is 0.309. The first kappa shape index (κ1) is 20.6. The lowest BCUT2D eigenvalue weighted by atomic mass is 10.2. The first-order chi connectivity index (χ1) is 14.2. The summed E-state index contributed by atoms with van der Waals surface area (Å²) in [6.07, 6.45) is 1.03. The molecule has 1 atom stereocenters. The van der Waals surface area contributed by atoms with Crippen molar-refractivity contribution in [1.29, 1.82) is 0 Å². The van der Waals surface area contributed by atoms with E-state index in [0.717, 1.165) is 54.0 Å². The average Bonchev–Trinajstić information content (AvgIpc) is 3.24. The third-order valence-electron chi connectivity index (χ3n) is 5.12. The molecule has 1 saturated heterocycles. The molecule has 0 radical (unpaired) electrons. The standard InChI is InChI=1S/C22H30N4O3/c1-23-22(24-14-16-9-10-18(27-2)13-21(16)29-4)25-17-11-12-26(15-17)19-7-5-6-8-20(19)28-3/h5-10,13,17H,11-12,14-15H2,1-4H3,(H2,23,24,25). The Labute approximate surface area is 172 Å². The van der Waals surface area contributed by atoms with Crippen molar-refractivity contribution in [2.75, 3.05) is 46.4 Å². The number of nitrogens with zero attached hydrogens (tertiary/aromatic N) is 2. The number of hydrogen-bond acceptors (Lipinski definition) is 5. The molecule has 1 aliphatic rings. The molecule has 2 aromatic rings. The molecule has 156 valence electrons. The van der Waals surface area contributed by atoms with Crippen LogP contribution in [0.1, 0.15) is 12.0 Å². The van der Waals surface area contributed by atoms with Crippen LogP contribution in [-0.4, -0.2) is 53.5 Å². The summed E-state index contributed by atoms with van der Waals surface area (Å²) in [4.78, 5) is 6.72. The molecule has 0 spiro atoms. The van der Waals surface area contributed by atoms with E-state index in [0.29, 0.717) is 12.6 Å². The van der Waals surface area contributed by atoms with Gasteiger partial charge in [0.15, 0.2) is 5.96 Å². The summed E-state index contributed by atoms with van der Waals surface area (Å²) >= 11 is 0. The van der Waals surface area contributed by atoms with Crippen molar-refractivity contribution in [2.24, 2.45) is 4.99 Å². The predicted octanol–water partition coefficient (Wildman–Crippen LogP) is 2.66. The van der Waals surface area contributed by atoms with Crippen molar-refractivity contribution in [3.63, 3.8) is 0 Å². The molecule has 7 nitrogen and oxygen atoms in total. The van der Waals surface area contributed by atoms with Gasteiger partial charge in [-0.05, 0) is 30.7 Å². The molecule has 7 heteroatoms. The van der Waals surface area contributed by atoms with Gasteiger partial charge in [0.1, 0.15) is 17.2 Å². The molecular weight excluding hydrogens is 368 g/mol. The van der Waals surface area contributed by atoms with Crippen LogP contribution in [0.4, 0.5) is 5.69 Å². The highest BCUT2D eigenvalue weighted by atomic mass is 16.5. The molecule has 3 rings (SSSR count). The number of aliphatic imine (C=N–C) groups is 1. The summed E-state index contributed by atoms with van der Waals surface area (Å²) in [6.45, 7) is 2.48. The minimum absolute atomic E-state index is 0.309. The molecule has 1 unspecified atom stereocenters. The summed E-state index contributed by atoms with van der Waals surface area (Å²) in [7, 11) is 6.81. The fourth-order valence-electron chi connectivity index (χ4n) is 3.55. The van der Waals surface area contributed by atoms with Crippen LogP contribution in [-0.2, 0) is 6.54 Å². The lowest BCUT2D eigenvalue weighted by molar-refractivity contribution is 0.390. The largest absolute Gasteiger partial charge is 0.497 e. The highest BCUT2D eigenvalue weighted by molar-refractivity contribution is 5.80. The monoisotopic (exact) mass is 398 g/mol. The van der Waals surface area contributed by atoms with Gasteiger partial charge < -0.3 is 29.7 Å². The van der Waals surface area contributed by atoms with Gasteiger partial charge in [-0.3, -0.25) is 4.99 Å². The van der Waals surface area contributed by atoms with Crippen LogP contribution in [0.3, 0.4) is 0 Å². The van der Waals surface area contributed by atoms with Crippen LogP contribution in [0.25, 0.3) is 0 Å². The van der Waals surface area contributed by atoms with E-state index in [1.807, 2.05) is 36.4 Å². The van der Waals surface area contributed by atoms with Crippen LogP contribution in [0.15, 0.2) is 47.5 Å². The third-order valence-corrected chi connectivity index (χ3v) is 5.12. The Balaban J connectivity index is 1.57. The van der Waals surface area contributed by atoms with E-state index in [2.05, 4.69) is 26.6 Å². The average molecular weight is 399 g/mol. The second-order valence-corrected chi connectivity index (χ2v) is 6.85. The number of ether oxygens (including phenoxy) is 3. The van der Waals surface area contributed by atoms with E-state index >= 15 is 0 Å². The molecule has 29 heavy (non-hydrogen) atoms. The van der Waals surface area contributed by atoms with Crippen LogP contribution < -0.4 is 29.7 Å². The number of hydrogen-bond donors (Lipinski definition) is 2. The zero-order valence-corrected chi connectivity index (χ0v) is 17.6. The number of rotatable bonds is 7. The fraction of sp³-hybridized carbons (Fsp3) is 0.409. The number of methoxy groups -OCH3 is 3. The summed E-state index contributed by atoms with van der Waals surface area (Å²) in [5.74, 6) is 3.24. The molecule has 0 amide bonds. The van der Waals surface area contributed by atoms with Crippen LogP contribution in [0.2, 0.25) is 0 Å². The maximum atomic E-state index is 5.50. The minimum Gasteiger partial charge on any atom is -0.497 e. The molecule has 1 aliphatic heterocycles. The molecule has 2 aromatic carbocycles. The molecule has 1 fully saturated rings. The first-order valence-corrected chi connectivity index (χ1v) is 9.74. The second kappa shape index (κ2) is 9.91. The van der Waals surface area contributed by atoms with E-state index in [-0.39, 0.29) is 0 Å². The summed E-state index contributed by atoms with van der Waals surface area (Å²) < 4.78 is 16.2. The Bertz CT molecular complexity index is 841. The van der Waals surface area contributed by atoms with Gasteiger partial charge in [0.2, 0.25) is 0 Å². The fourth-order valence-corrected chi connectivity index (χ4v) is 3.55. The van der Waals surface area contributed by atoms with Gasteiger partial charge in [-0.2, -0.15) is 0 Å². The predicted molar refractivity (Wildman–Crippen MR) is 116 cm³/mol. The molecule has 0 aromatic heterocycles. The van der Waals surface area contributed by atoms with Crippen molar-refractivity contribution in [3.8, 4) is 17.2 Å². The Morgan fingerprint density at radius 1 is 1.07 bits per heavy atom. The van der Waals surface area contributed by atoms with Crippen molar-refractivity contribution in [2.45, 2.75) is 19.0 Å². The van der Waals surface area contributed by atoms with Crippen molar-refractivity contribution in [1.82, 2.24) is 10.6 Å². The zero-order chi connectivity index (χ0) is 20.6. The highest BCUT2D eigenvalue weighted by Crippen LogP contribution is 2.30. The van der Waals surface area contributed by atoms with Crippen LogP contribution in [0.5, 0.6) is 17.2 Å². The lowest BCUT2D eigenvalue weighted by Gasteiger charge is -2.22. The number of anilines is 1. The van der Waals surface area contributed by atoms with E-state index in [9.17, 15) is 0 Å². The summed E-state index contributed by atoms with van der Waals surface area (Å²) in [6, 6.07) is 14.3. The quantitative estimate of drug-likeness (QED) is 0.552. The van der Waals surface area contributed by atoms with Crippen molar-refractivity contribution in [3.05, 3.63) is 48.0 Å². The molecule has 0 saturated carbocycles. The lowest BCUT2D eigenvalue weighted by Crippen LogP contribution is -2.44. The molecule has 0 aliphatic carbocycles. The Morgan fingerprint density at radius 2 is 1.86 bits per heavy atom. The molecule has 1 heterocycles. The summed E-state index contributed by atoms with van der Waals surface area (Å²) in [5, 5.41) is 6.90. The normalized spacial score (nSPS) is 16.5. The first-order valence-electron chi connectivity index (χ1n) is 9.74. The Kier molecular flexibility index (Phi) is 7.05. The maximum absolute atomic E-state index is 5.50. The van der Waals surface area contributed by atoms with E-state index < -0.39 is 0 Å². The van der Waals surface area contributed by atoms with E-state index in [1.54, 1.807) is 28.4 Å². The number of nitrogens with one attached hydrogen (secondary N) is 2. The highest BCUT2D eigenvalue weighted by Gasteiger charge is 2.25. The topological polar surface area (TPSA) is 67.4 Å².